The van der Waals surface area contributed by atoms with Crippen molar-refractivity contribution in [2.45, 2.75) is 44.1 Å². The lowest BCUT2D eigenvalue weighted by molar-refractivity contribution is 0.194. The maximum atomic E-state index is 6.43. The predicted molar refractivity (Wildman–Crippen MR) is 70.9 cm³/mol. The summed E-state index contributed by atoms with van der Waals surface area (Å²) in [6, 6.07) is 0. The van der Waals surface area contributed by atoms with E-state index in [1.54, 1.807) is 23.1 Å². The molecule has 0 aliphatic heterocycles. The zero-order valence-corrected chi connectivity index (χ0v) is 11.0. The summed E-state index contributed by atoms with van der Waals surface area (Å²) in [7, 11) is 0. The van der Waals surface area contributed by atoms with Crippen LogP contribution in [0.15, 0.2) is 18.7 Å². The van der Waals surface area contributed by atoms with Crippen molar-refractivity contribution in [1.82, 2.24) is 19.6 Å². The van der Waals surface area contributed by atoms with Crippen LogP contribution in [-0.2, 0) is 0 Å². The highest BCUT2D eigenvalue weighted by molar-refractivity contribution is 5.47. The van der Waals surface area contributed by atoms with E-state index in [0.29, 0.717) is 18.1 Å². The number of hydrogen-bond acceptors (Lipinski definition) is 5. The second-order valence-corrected chi connectivity index (χ2v) is 5.36. The fourth-order valence-electron chi connectivity index (χ4n) is 2.63. The van der Waals surface area contributed by atoms with Crippen LogP contribution in [0.25, 0.3) is 5.65 Å². The first-order valence-corrected chi connectivity index (χ1v) is 6.83. The summed E-state index contributed by atoms with van der Waals surface area (Å²) in [4.78, 5) is 4.22. The van der Waals surface area contributed by atoms with Crippen LogP contribution in [-0.4, -0.2) is 31.7 Å². The first kappa shape index (κ1) is 12.3. The fraction of sp³-hybridized carbons (Fsp3) is 0.615. The first-order valence-electron chi connectivity index (χ1n) is 6.83. The zero-order chi connectivity index (χ0) is 13.1. The van der Waals surface area contributed by atoms with Crippen molar-refractivity contribution in [3.05, 3.63) is 18.7 Å². The molecule has 0 bridgehead atoms. The van der Waals surface area contributed by atoms with Crippen molar-refractivity contribution >= 4 is 5.65 Å². The van der Waals surface area contributed by atoms with Gasteiger partial charge in [0.1, 0.15) is 12.9 Å². The molecule has 1 aliphatic rings. The standard InChI is InChI=1S/C13H19N5O/c14-13(5-3-1-2-4-6-13)9-19-12-11-17-16-10-18(11)8-7-15-12/h7-8,10H,1-6,9,14H2. The quantitative estimate of drug-likeness (QED) is 0.848. The van der Waals surface area contributed by atoms with Crippen LogP contribution in [0, 0.1) is 0 Å². The molecule has 1 fully saturated rings. The molecule has 3 rings (SSSR count). The SMILES string of the molecule is NC1(COc2nccn3cnnc23)CCCCCC1. The Hall–Kier alpha value is -1.69. The average Bonchev–Trinajstić information content (AvgIpc) is 2.80. The molecular weight excluding hydrogens is 242 g/mol. The number of hydrogen-bond donors (Lipinski definition) is 1. The molecule has 1 saturated carbocycles. The van der Waals surface area contributed by atoms with Crippen LogP contribution in [0.1, 0.15) is 38.5 Å². The van der Waals surface area contributed by atoms with Crippen LogP contribution >= 0.6 is 0 Å². The van der Waals surface area contributed by atoms with Gasteiger partial charge in [0, 0.05) is 12.4 Å². The van der Waals surface area contributed by atoms with Crippen molar-refractivity contribution in [2.75, 3.05) is 6.61 Å². The highest BCUT2D eigenvalue weighted by atomic mass is 16.5. The molecule has 6 nitrogen and oxygen atoms in total. The third kappa shape index (κ3) is 2.68. The Balaban J connectivity index is 1.73. The Morgan fingerprint density at radius 1 is 1.26 bits per heavy atom. The minimum absolute atomic E-state index is 0.231. The van der Waals surface area contributed by atoms with Crippen LogP contribution in [0.2, 0.25) is 0 Å². The summed E-state index contributed by atoms with van der Waals surface area (Å²) in [5, 5.41) is 7.86. The fourth-order valence-corrected chi connectivity index (χ4v) is 2.63. The van der Waals surface area contributed by atoms with Crippen molar-refractivity contribution in [2.24, 2.45) is 5.73 Å². The molecule has 2 N–H and O–H groups in total. The van der Waals surface area contributed by atoms with E-state index in [1.165, 1.54) is 25.7 Å². The molecule has 0 aromatic carbocycles. The van der Waals surface area contributed by atoms with Gasteiger partial charge in [0.2, 0.25) is 5.65 Å². The molecule has 0 atom stereocenters. The monoisotopic (exact) mass is 261 g/mol. The molecule has 0 unspecified atom stereocenters. The summed E-state index contributed by atoms with van der Waals surface area (Å²) >= 11 is 0. The van der Waals surface area contributed by atoms with E-state index in [1.807, 2.05) is 0 Å². The third-order valence-corrected chi connectivity index (χ3v) is 3.78. The van der Waals surface area contributed by atoms with Crippen molar-refractivity contribution in [3.63, 3.8) is 0 Å². The van der Waals surface area contributed by atoms with Gasteiger partial charge in [-0.25, -0.2) is 4.98 Å². The molecule has 1 aliphatic carbocycles. The maximum absolute atomic E-state index is 6.43. The van der Waals surface area contributed by atoms with Crippen LogP contribution < -0.4 is 10.5 Å². The van der Waals surface area contributed by atoms with Crippen molar-refractivity contribution < 1.29 is 4.74 Å². The lowest BCUT2D eigenvalue weighted by Crippen LogP contribution is -2.45. The van der Waals surface area contributed by atoms with E-state index in [9.17, 15) is 0 Å². The van der Waals surface area contributed by atoms with Gasteiger partial charge in [-0.3, -0.25) is 4.40 Å². The van der Waals surface area contributed by atoms with Crippen LogP contribution in [0.5, 0.6) is 5.88 Å². The normalized spacial score (nSPS) is 19.2. The molecule has 2 heterocycles. The van der Waals surface area contributed by atoms with E-state index < -0.39 is 0 Å². The summed E-state index contributed by atoms with van der Waals surface area (Å²) in [6.45, 7) is 0.493. The van der Waals surface area contributed by atoms with Gasteiger partial charge in [-0.1, -0.05) is 25.7 Å². The molecular formula is C13H19N5O. The smallest absolute Gasteiger partial charge is 0.260 e. The molecule has 19 heavy (non-hydrogen) atoms. The van der Waals surface area contributed by atoms with E-state index in [0.717, 1.165) is 12.8 Å². The Morgan fingerprint density at radius 2 is 2.05 bits per heavy atom. The van der Waals surface area contributed by atoms with E-state index in [4.69, 9.17) is 10.5 Å². The van der Waals surface area contributed by atoms with Gasteiger partial charge in [-0.2, -0.15) is 0 Å². The highest BCUT2D eigenvalue weighted by Crippen LogP contribution is 2.26. The molecule has 2 aromatic heterocycles. The summed E-state index contributed by atoms with van der Waals surface area (Å²) in [5.41, 5.74) is 6.84. The van der Waals surface area contributed by atoms with E-state index in [-0.39, 0.29) is 5.54 Å². The molecule has 0 amide bonds. The third-order valence-electron chi connectivity index (χ3n) is 3.78. The molecule has 6 heteroatoms. The minimum Gasteiger partial charge on any atom is -0.473 e. The van der Waals surface area contributed by atoms with Crippen molar-refractivity contribution in [3.8, 4) is 5.88 Å². The molecule has 102 valence electrons. The molecule has 0 spiro atoms. The number of nitrogens with two attached hydrogens (primary N) is 1. The maximum Gasteiger partial charge on any atom is 0.260 e. The Kier molecular flexibility index (Phi) is 3.33. The number of nitrogens with zero attached hydrogens (tertiary/aromatic N) is 4. The van der Waals surface area contributed by atoms with Gasteiger partial charge in [-0.05, 0) is 12.8 Å². The highest BCUT2D eigenvalue weighted by Gasteiger charge is 2.27. The largest absolute Gasteiger partial charge is 0.473 e. The number of fused-ring (bicyclic) bond motifs is 1. The lowest BCUT2D eigenvalue weighted by Gasteiger charge is -2.27. The second-order valence-electron chi connectivity index (χ2n) is 5.36. The Labute approximate surface area is 112 Å². The summed E-state index contributed by atoms with van der Waals surface area (Å²) < 4.78 is 7.61. The number of rotatable bonds is 3. The Morgan fingerprint density at radius 3 is 2.84 bits per heavy atom. The van der Waals surface area contributed by atoms with Gasteiger partial charge in [0.25, 0.3) is 5.88 Å². The second kappa shape index (κ2) is 5.13. The summed E-state index contributed by atoms with van der Waals surface area (Å²) in [6.07, 6.45) is 12.1. The van der Waals surface area contributed by atoms with Gasteiger partial charge >= 0.3 is 0 Å². The zero-order valence-electron chi connectivity index (χ0n) is 11.0. The number of aromatic nitrogens is 4. The molecule has 0 saturated heterocycles. The van der Waals surface area contributed by atoms with Crippen LogP contribution in [0.3, 0.4) is 0 Å². The van der Waals surface area contributed by atoms with Crippen LogP contribution in [0.4, 0.5) is 0 Å². The van der Waals surface area contributed by atoms with Gasteiger partial charge in [0.05, 0.1) is 5.54 Å². The molecule has 2 aromatic rings. The first-order chi connectivity index (χ1) is 9.27. The average molecular weight is 261 g/mol. The van der Waals surface area contributed by atoms with E-state index in [2.05, 4.69) is 15.2 Å². The minimum atomic E-state index is -0.231. The predicted octanol–water partition coefficient (Wildman–Crippen LogP) is 1.55. The lowest BCUT2D eigenvalue weighted by atomic mass is 9.93. The Bertz CT molecular complexity index is 545. The van der Waals surface area contributed by atoms with Gasteiger partial charge in [0.15, 0.2) is 0 Å². The molecule has 0 radical (unpaired) electrons. The summed E-state index contributed by atoms with van der Waals surface area (Å²) in [5.74, 6) is 0.508. The van der Waals surface area contributed by atoms with E-state index >= 15 is 0 Å². The topological polar surface area (TPSA) is 78.3 Å². The number of ether oxygens (including phenoxy) is 1. The van der Waals surface area contributed by atoms with Gasteiger partial charge in [-0.15, -0.1) is 10.2 Å². The van der Waals surface area contributed by atoms with Crippen molar-refractivity contribution in [1.29, 1.82) is 0 Å². The van der Waals surface area contributed by atoms with Gasteiger partial charge < -0.3 is 10.5 Å².